The molecule has 3 atom stereocenters. The van der Waals surface area contributed by atoms with Crippen molar-refractivity contribution in [1.82, 2.24) is 0 Å². The van der Waals surface area contributed by atoms with E-state index in [4.69, 9.17) is 4.74 Å². The van der Waals surface area contributed by atoms with Gasteiger partial charge in [-0.2, -0.15) is 0 Å². The number of rotatable bonds is 1. The Kier molecular flexibility index (Phi) is 3.38. The van der Waals surface area contributed by atoms with Crippen LogP contribution in [0.1, 0.15) is 52.9 Å². The van der Waals surface area contributed by atoms with Gasteiger partial charge in [-0.05, 0) is 43.4 Å². The van der Waals surface area contributed by atoms with Crippen molar-refractivity contribution in [2.45, 2.75) is 64.6 Å². The van der Waals surface area contributed by atoms with Crippen LogP contribution in [0, 0.1) is 11.3 Å². The summed E-state index contributed by atoms with van der Waals surface area (Å²) in [6.07, 6.45) is 7.08. The highest BCUT2D eigenvalue weighted by atomic mass is 127. The van der Waals surface area contributed by atoms with E-state index in [-0.39, 0.29) is 5.60 Å². The summed E-state index contributed by atoms with van der Waals surface area (Å²) >= 11 is 2.46. The number of alkyl halides is 1. The number of hydrogen-bond acceptors (Lipinski definition) is 1. The first-order valence-corrected chi connectivity index (χ1v) is 7.74. The molecule has 15 heavy (non-hydrogen) atoms. The Bertz CT molecular complexity index is 239. The van der Waals surface area contributed by atoms with Gasteiger partial charge in [-0.15, -0.1) is 0 Å². The van der Waals surface area contributed by atoms with Crippen LogP contribution in [0.5, 0.6) is 0 Å². The summed E-state index contributed by atoms with van der Waals surface area (Å²) in [5.41, 5.74) is 0.793. The molecule has 0 aromatic heterocycles. The zero-order chi connectivity index (χ0) is 11.1. The third-order valence-corrected chi connectivity index (χ3v) is 5.43. The third kappa shape index (κ3) is 2.36. The zero-order valence-corrected chi connectivity index (χ0v) is 12.3. The molecule has 0 aromatic rings. The van der Waals surface area contributed by atoms with Gasteiger partial charge in [-0.1, -0.05) is 43.4 Å². The lowest BCUT2D eigenvalue weighted by atomic mass is 9.65. The zero-order valence-electron chi connectivity index (χ0n) is 10.2. The lowest BCUT2D eigenvalue weighted by molar-refractivity contribution is -0.108. The molecule has 0 radical (unpaired) electrons. The van der Waals surface area contributed by atoms with Gasteiger partial charge in [0.25, 0.3) is 0 Å². The third-order valence-electron chi connectivity index (χ3n) is 4.44. The first-order valence-electron chi connectivity index (χ1n) is 6.21. The van der Waals surface area contributed by atoms with Gasteiger partial charge in [0.2, 0.25) is 0 Å². The fourth-order valence-electron chi connectivity index (χ4n) is 3.42. The standard InChI is InChI=1S/C13H23IO/c1-10-8-12(2,3)6-7-13(10)5-4-11(9-14)15-13/h10-11H,4-9H2,1-3H3. The Balaban J connectivity index is 2.05. The quantitative estimate of drug-likeness (QED) is 0.520. The number of hydrogen-bond donors (Lipinski definition) is 0. The second kappa shape index (κ2) is 4.17. The Labute approximate surface area is 107 Å². The fourth-order valence-corrected chi connectivity index (χ4v) is 4.04. The molecule has 2 fully saturated rings. The van der Waals surface area contributed by atoms with Crippen LogP contribution < -0.4 is 0 Å². The Hall–Kier alpha value is 0.690. The van der Waals surface area contributed by atoms with Gasteiger partial charge >= 0.3 is 0 Å². The van der Waals surface area contributed by atoms with E-state index in [0.717, 1.165) is 10.3 Å². The van der Waals surface area contributed by atoms with E-state index in [9.17, 15) is 0 Å². The largest absolute Gasteiger partial charge is 0.371 e. The van der Waals surface area contributed by atoms with Gasteiger partial charge in [0.1, 0.15) is 0 Å². The van der Waals surface area contributed by atoms with E-state index < -0.39 is 0 Å². The Morgan fingerprint density at radius 2 is 2.00 bits per heavy atom. The predicted octanol–water partition coefficient (Wildman–Crippen LogP) is 4.19. The van der Waals surface area contributed by atoms with Crippen LogP contribution in [-0.4, -0.2) is 16.1 Å². The smallest absolute Gasteiger partial charge is 0.0713 e. The molecular weight excluding hydrogens is 299 g/mol. The van der Waals surface area contributed by atoms with E-state index >= 15 is 0 Å². The molecule has 3 unspecified atom stereocenters. The van der Waals surface area contributed by atoms with E-state index in [0.29, 0.717) is 11.5 Å². The topological polar surface area (TPSA) is 9.23 Å². The van der Waals surface area contributed by atoms with E-state index in [1.54, 1.807) is 0 Å². The van der Waals surface area contributed by atoms with E-state index in [1.165, 1.54) is 32.1 Å². The van der Waals surface area contributed by atoms with Gasteiger partial charge in [-0.25, -0.2) is 0 Å². The van der Waals surface area contributed by atoms with Crippen molar-refractivity contribution >= 4 is 22.6 Å². The molecule has 2 heteroatoms. The molecule has 1 saturated heterocycles. The molecule has 2 aliphatic rings. The first kappa shape index (κ1) is 12.2. The van der Waals surface area contributed by atoms with Crippen LogP contribution in [0.3, 0.4) is 0 Å². The first-order chi connectivity index (χ1) is 6.97. The van der Waals surface area contributed by atoms with E-state index in [1.807, 2.05) is 0 Å². The molecule has 2 rings (SSSR count). The molecule has 1 spiro atoms. The van der Waals surface area contributed by atoms with Crippen molar-refractivity contribution in [3.05, 3.63) is 0 Å². The van der Waals surface area contributed by atoms with Gasteiger partial charge in [-0.3, -0.25) is 0 Å². The highest BCUT2D eigenvalue weighted by Gasteiger charge is 2.48. The minimum atomic E-state index is 0.255. The average Bonchev–Trinajstić information content (AvgIpc) is 2.57. The maximum atomic E-state index is 6.34. The Morgan fingerprint density at radius 1 is 1.27 bits per heavy atom. The lowest BCUT2D eigenvalue weighted by Crippen LogP contribution is -2.44. The summed E-state index contributed by atoms with van der Waals surface area (Å²) in [4.78, 5) is 0. The van der Waals surface area contributed by atoms with E-state index in [2.05, 4.69) is 43.4 Å². The van der Waals surface area contributed by atoms with Crippen LogP contribution in [0.15, 0.2) is 0 Å². The summed E-state index contributed by atoms with van der Waals surface area (Å²) in [5, 5.41) is 0. The van der Waals surface area contributed by atoms with Crippen molar-refractivity contribution in [3.63, 3.8) is 0 Å². The summed E-state index contributed by atoms with van der Waals surface area (Å²) in [7, 11) is 0. The Morgan fingerprint density at radius 3 is 2.53 bits per heavy atom. The van der Waals surface area contributed by atoms with Crippen molar-refractivity contribution in [3.8, 4) is 0 Å². The second-order valence-electron chi connectivity index (χ2n) is 6.27. The van der Waals surface area contributed by atoms with Crippen molar-refractivity contribution in [2.24, 2.45) is 11.3 Å². The molecule has 1 aliphatic carbocycles. The molecular formula is C13H23IO. The minimum absolute atomic E-state index is 0.255. The van der Waals surface area contributed by atoms with Crippen LogP contribution in [0.2, 0.25) is 0 Å². The fraction of sp³-hybridized carbons (Fsp3) is 1.00. The van der Waals surface area contributed by atoms with Crippen molar-refractivity contribution < 1.29 is 4.74 Å². The molecule has 1 aliphatic heterocycles. The molecule has 0 N–H and O–H groups in total. The number of halogens is 1. The van der Waals surface area contributed by atoms with Crippen LogP contribution >= 0.6 is 22.6 Å². The summed E-state index contributed by atoms with van der Waals surface area (Å²) in [6, 6.07) is 0. The SMILES string of the molecule is CC1CC(C)(C)CCC12CCC(CI)O2. The monoisotopic (exact) mass is 322 g/mol. The molecule has 1 heterocycles. The number of ether oxygens (including phenoxy) is 1. The summed E-state index contributed by atoms with van der Waals surface area (Å²) in [6.45, 7) is 7.21. The van der Waals surface area contributed by atoms with Crippen LogP contribution in [-0.2, 0) is 4.74 Å². The van der Waals surface area contributed by atoms with Gasteiger partial charge in [0.15, 0.2) is 0 Å². The molecule has 0 amide bonds. The highest BCUT2D eigenvalue weighted by Crippen LogP contribution is 2.51. The van der Waals surface area contributed by atoms with Crippen LogP contribution in [0.4, 0.5) is 0 Å². The van der Waals surface area contributed by atoms with Crippen molar-refractivity contribution in [1.29, 1.82) is 0 Å². The molecule has 0 aromatic carbocycles. The van der Waals surface area contributed by atoms with Gasteiger partial charge in [0, 0.05) is 4.43 Å². The second-order valence-corrected chi connectivity index (χ2v) is 7.15. The molecule has 1 saturated carbocycles. The normalized spacial score (nSPS) is 44.8. The maximum absolute atomic E-state index is 6.34. The van der Waals surface area contributed by atoms with Crippen molar-refractivity contribution in [2.75, 3.05) is 4.43 Å². The average molecular weight is 322 g/mol. The molecule has 0 bridgehead atoms. The van der Waals surface area contributed by atoms with Gasteiger partial charge in [0.05, 0.1) is 11.7 Å². The summed E-state index contributed by atoms with van der Waals surface area (Å²) < 4.78 is 7.50. The molecule has 88 valence electrons. The highest BCUT2D eigenvalue weighted by molar-refractivity contribution is 14.1. The van der Waals surface area contributed by atoms with Crippen LogP contribution in [0.25, 0.3) is 0 Å². The van der Waals surface area contributed by atoms with Gasteiger partial charge < -0.3 is 4.74 Å². The maximum Gasteiger partial charge on any atom is 0.0713 e. The summed E-state index contributed by atoms with van der Waals surface area (Å²) in [5.74, 6) is 0.745. The lowest BCUT2D eigenvalue weighted by Gasteiger charge is -2.46. The predicted molar refractivity (Wildman–Crippen MR) is 72.5 cm³/mol. The molecule has 1 nitrogen and oxygen atoms in total. The minimum Gasteiger partial charge on any atom is -0.371 e.